The van der Waals surface area contributed by atoms with E-state index in [0.717, 1.165) is 10.9 Å². The fourth-order valence-corrected chi connectivity index (χ4v) is 2.59. The van der Waals surface area contributed by atoms with Crippen LogP contribution in [-0.2, 0) is 11.2 Å². The number of carbonyl (C=O) groups excluding carboxylic acids is 1. The van der Waals surface area contributed by atoms with E-state index in [1.165, 1.54) is 17.7 Å². The van der Waals surface area contributed by atoms with Gasteiger partial charge in [0.2, 0.25) is 5.91 Å². The standard InChI is InChI=1S/C18H19BrFNO2/c19-17-8-2-1-5-14(17)10-11-21-18(22)9-4-12-23-16-7-3-6-15(20)13-16/h1-3,5-8,13H,4,9-12H2,(H,21,22). The van der Waals surface area contributed by atoms with Crippen molar-refractivity contribution in [1.29, 1.82) is 0 Å². The van der Waals surface area contributed by atoms with Crippen molar-refractivity contribution in [2.24, 2.45) is 0 Å². The molecule has 2 rings (SSSR count). The molecule has 23 heavy (non-hydrogen) atoms. The second-order valence-electron chi connectivity index (χ2n) is 5.10. The topological polar surface area (TPSA) is 38.3 Å². The third-order valence-electron chi connectivity index (χ3n) is 3.29. The van der Waals surface area contributed by atoms with Crippen molar-refractivity contribution in [1.82, 2.24) is 5.32 Å². The molecule has 0 atom stereocenters. The summed E-state index contributed by atoms with van der Waals surface area (Å²) in [5, 5.41) is 2.89. The Bertz CT molecular complexity index is 648. The zero-order valence-electron chi connectivity index (χ0n) is 12.7. The van der Waals surface area contributed by atoms with E-state index < -0.39 is 0 Å². The van der Waals surface area contributed by atoms with Gasteiger partial charge in [0, 0.05) is 23.5 Å². The van der Waals surface area contributed by atoms with Gasteiger partial charge in [-0.3, -0.25) is 4.79 Å². The number of halogens is 2. The summed E-state index contributed by atoms with van der Waals surface area (Å²) < 4.78 is 19.4. The lowest BCUT2D eigenvalue weighted by atomic mass is 10.1. The number of rotatable bonds is 8. The predicted molar refractivity (Wildman–Crippen MR) is 92.0 cm³/mol. The van der Waals surface area contributed by atoms with E-state index in [0.29, 0.717) is 31.7 Å². The quantitative estimate of drug-likeness (QED) is 0.701. The first kappa shape index (κ1) is 17.5. The third-order valence-corrected chi connectivity index (χ3v) is 4.06. The number of hydrogen-bond acceptors (Lipinski definition) is 2. The second kappa shape index (κ2) is 9.30. The minimum Gasteiger partial charge on any atom is -0.493 e. The van der Waals surface area contributed by atoms with Gasteiger partial charge in [-0.15, -0.1) is 0 Å². The fourth-order valence-electron chi connectivity index (χ4n) is 2.11. The van der Waals surface area contributed by atoms with Crippen molar-refractivity contribution < 1.29 is 13.9 Å². The largest absolute Gasteiger partial charge is 0.493 e. The lowest BCUT2D eigenvalue weighted by Gasteiger charge is -2.08. The molecule has 2 aromatic rings. The van der Waals surface area contributed by atoms with Crippen LogP contribution in [0.5, 0.6) is 5.75 Å². The maximum atomic E-state index is 13.0. The van der Waals surface area contributed by atoms with Crippen LogP contribution in [0.3, 0.4) is 0 Å². The third kappa shape index (κ3) is 6.40. The highest BCUT2D eigenvalue weighted by Gasteiger charge is 2.03. The highest BCUT2D eigenvalue weighted by Crippen LogP contribution is 2.16. The van der Waals surface area contributed by atoms with E-state index in [1.54, 1.807) is 12.1 Å². The monoisotopic (exact) mass is 379 g/mol. The van der Waals surface area contributed by atoms with E-state index in [4.69, 9.17) is 4.74 Å². The molecule has 0 aliphatic carbocycles. The molecule has 0 fully saturated rings. The minimum absolute atomic E-state index is 0.0000965. The zero-order valence-corrected chi connectivity index (χ0v) is 14.3. The van der Waals surface area contributed by atoms with Gasteiger partial charge in [0.1, 0.15) is 11.6 Å². The Morgan fingerprint density at radius 3 is 2.78 bits per heavy atom. The maximum absolute atomic E-state index is 13.0. The summed E-state index contributed by atoms with van der Waals surface area (Å²) in [6.07, 6.45) is 1.77. The molecule has 0 radical (unpaired) electrons. The summed E-state index contributed by atoms with van der Waals surface area (Å²) in [6.45, 7) is 0.993. The molecule has 5 heteroatoms. The van der Waals surface area contributed by atoms with E-state index >= 15 is 0 Å². The lowest BCUT2D eigenvalue weighted by Crippen LogP contribution is -2.25. The number of nitrogens with one attached hydrogen (secondary N) is 1. The van der Waals surface area contributed by atoms with Gasteiger partial charge in [0.05, 0.1) is 6.61 Å². The van der Waals surface area contributed by atoms with Gasteiger partial charge < -0.3 is 10.1 Å². The highest BCUT2D eigenvalue weighted by atomic mass is 79.9. The predicted octanol–water partition coefficient (Wildman–Crippen LogP) is 4.11. The van der Waals surface area contributed by atoms with Crippen LogP contribution in [0.4, 0.5) is 4.39 Å². The second-order valence-corrected chi connectivity index (χ2v) is 5.96. The van der Waals surface area contributed by atoms with E-state index in [1.807, 2.05) is 24.3 Å². The summed E-state index contributed by atoms with van der Waals surface area (Å²) in [7, 11) is 0. The summed E-state index contributed by atoms with van der Waals surface area (Å²) in [5.74, 6) is 0.159. The summed E-state index contributed by atoms with van der Waals surface area (Å²) in [6, 6.07) is 13.9. The van der Waals surface area contributed by atoms with Gasteiger partial charge in [-0.2, -0.15) is 0 Å². The normalized spacial score (nSPS) is 10.3. The molecule has 0 unspecified atom stereocenters. The molecule has 0 saturated carbocycles. The van der Waals surface area contributed by atoms with E-state index in [-0.39, 0.29) is 11.7 Å². The molecule has 0 aromatic heterocycles. The van der Waals surface area contributed by atoms with Crippen LogP contribution in [0.1, 0.15) is 18.4 Å². The minimum atomic E-state index is -0.327. The SMILES string of the molecule is O=C(CCCOc1cccc(F)c1)NCCc1ccccc1Br. The first-order valence-corrected chi connectivity index (χ1v) is 8.33. The molecule has 1 amide bonds. The Balaban J connectivity index is 1.59. The number of carbonyl (C=O) groups is 1. The van der Waals surface area contributed by atoms with Crippen LogP contribution < -0.4 is 10.1 Å². The molecule has 122 valence electrons. The van der Waals surface area contributed by atoms with Crippen LogP contribution in [0, 0.1) is 5.82 Å². The number of ether oxygens (including phenoxy) is 1. The number of hydrogen-bond donors (Lipinski definition) is 1. The lowest BCUT2D eigenvalue weighted by molar-refractivity contribution is -0.121. The van der Waals surface area contributed by atoms with Gasteiger partial charge in [0.15, 0.2) is 0 Å². The molecule has 0 aliphatic rings. The van der Waals surface area contributed by atoms with Crippen molar-refractivity contribution in [2.75, 3.05) is 13.2 Å². The summed E-state index contributed by atoms with van der Waals surface area (Å²) in [5.41, 5.74) is 1.17. The average molecular weight is 380 g/mol. The fraction of sp³-hybridized carbons (Fsp3) is 0.278. The number of amides is 1. The van der Waals surface area contributed by atoms with Crippen molar-refractivity contribution in [2.45, 2.75) is 19.3 Å². The highest BCUT2D eigenvalue weighted by molar-refractivity contribution is 9.10. The van der Waals surface area contributed by atoms with Crippen molar-refractivity contribution in [3.63, 3.8) is 0 Å². The summed E-state index contributed by atoms with van der Waals surface area (Å²) in [4.78, 5) is 11.7. The van der Waals surface area contributed by atoms with Crippen molar-refractivity contribution in [3.8, 4) is 5.75 Å². The van der Waals surface area contributed by atoms with Gasteiger partial charge in [-0.05, 0) is 36.6 Å². The van der Waals surface area contributed by atoms with Gasteiger partial charge in [-0.25, -0.2) is 4.39 Å². The van der Waals surface area contributed by atoms with Crippen LogP contribution in [0.25, 0.3) is 0 Å². The Labute approximate surface area is 144 Å². The smallest absolute Gasteiger partial charge is 0.220 e. The van der Waals surface area contributed by atoms with E-state index in [9.17, 15) is 9.18 Å². The van der Waals surface area contributed by atoms with Gasteiger partial charge in [0.25, 0.3) is 0 Å². The number of benzene rings is 2. The van der Waals surface area contributed by atoms with Crippen molar-refractivity contribution >= 4 is 21.8 Å². The molecule has 0 aliphatic heterocycles. The van der Waals surface area contributed by atoms with Crippen molar-refractivity contribution in [3.05, 3.63) is 64.4 Å². The molecule has 0 saturated heterocycles. The first-order chi connectivity index (χ1) is 11.1. The molecule has 0 heterocycles. The Hall–Kier alpha value is -1.88. The average Bonchev–Trinajstić information content (AvgIpc) is 2.53. The maximum Gasteiger partial charge on any atom is 0.220 e. The Morgan fingerprint density at radius 2 is 2.00 bits per heavy atom. The molecule has 2 aromatic carbocycles. The molecular formula is C18H19BrFNO2. The molecular weight excluding hydrogens is 361 g/mol. The molecule has 0 bridgehead atoms. The van der Waals surface area contributed by atoms with E-state index in [2.05, 4.69) is 21.2 Å². The first-order valence-electron chi connectivity index (χ1n) is 7.53. The molecule has 1 N–H and O–H groups in total. The summed E-state index contributed by atoms with van der Waals surface area (Å²) >= 11 is 3.49. The van der Waals surface area contributed by atoms with Crippen LogP contribution in [0.2, 0.25) is 0 Å². The zero-order chi connectivity index (χ0) is 16.5. The molecule has 0 spiro atoms. The molecule has 3 nitrogen and oxygen atoms in total. The van der Waals surface area contributed by atoms with Crippen LogP contribution >= 0.6 is 15.9 Å². The Morgan fingerprint density at radius 1 is 1.17 bits per heavy atom. The van der Waals surface area contributed by atoms with Crippen LogP contribution in [-0.4, -0.2) is 19.1 Å². The van der Waals surface area contributed by atoms with Gasteiger partial charge >= 0.3 is 0 Å². The Kier molecular flexibility index (Phi) is 7.07. The van der Waals surface area contributed by atoms with Gasteiger partial charge in [-0.1, -0.05) is 40.2 Å². The van der Waals surface area contributed by atoms with Crippen LogP contribution in [0.15, 0.2) is 53.0 Å².